The SMILES string of the molecule is CCN(CC)CCN1Cc2ccc(Cl)cc2C1CN. The van der Waals surface area contributed by atoms with Crippen molar-refractivity contribution in [2.45, 2.75) is 26.4 Å². The molecule has 0 saturated heterocycles. The van der Waals surface area contributed by atoms with Crippen LogP contribution in [0.3, 0.4) is 0 Å². The molecule has 0 aromatic heterocycles. The number of likely N-dealkylation sites (N-methyl/N-ethyl adjacent to an activating group) is 1. The summed E-state index contributed by atoms with van der Waals surface area (Å²) in [6.07, 6.45) is 0. The van der Waals surface area contributed by atoms with Gasteiger partial charge in [-0.15, -0.1) is 0 Å². The molecule has 3 nitrogen and oxygen atoms in total. The second-order valence-electron chi connectivity index (χ2n) is 5.09. The Labute approximate surface area is 121 Å². The molecular weight excluding hydrogens is 258 g/mol. The zero-order valence-electron chi connectivity index (χ0n) is 11.9. The van der Waals surface area contributed by atoms with Crippen molar-refractivity contribution in [3.8, 4) is 0 Å². The lowest BCUT2D eigenvalue weighted by Crippen LogP contribution is -2.36. The van der Waals surface area contributed by atoms with Crippen LogP contribution in [0.4, 0.5) is 0 Å². The number of rotatable bonds is 6. The molecule has 0 radical (unpaired) electrons. The Hall–Kier alpha value is -0.610. The third kappa shape index (κ3) is 3.29. The molecule has 19 heavy (non-hydrogen) atoms. The quantitative estimate of drug-likeness (QED) is 0.870. The molecule has 1 aliphatic rings. The van der Waals surface area contributed by atoms with Crippen LogP contribution in [0.15, 0.2) is 18.2 Å². The lowest BCUT2D eigenvalue weighted by Gasteiger charge is -2.27. The van der Waals surface area contributed by atoms with E-state index in [2.05, 4.69) is 35.8 Å². The monoisotopic (exact) mass is 281 g/mol. The first-order chi connectivity index (χ1) is 9.19. The number of hydrogen-bond donors (Lipinski definition) is 1. The third-order valence-corrected chi connectivity index (χ3v) is 4.34. The Kier molecular flexibility index (Phi) is 5.22. The van der Waals surface area contributed by atoms with Crippen LogP contribution in [-0.4, -0.2) is 42.5 Å². The first-order valence-electron chi connectivity index (χ1n) is 7.14. The molecule has 1 aromatic rings. The molecule has 0 saturated carbocycles. The van der Waals surface area contributed by atoms with Crippen molar-refractivity contribution in [2.75, 3.05) is 32.7 Å². The average Bonchev–Trinajstić information content (AvgIpc) is 2.76. The Morgan fingerprint density at radius 2 is 2.11 bits per heavy atom. The predicted molar refractivity (Wildman–Crippen MR) is 81.4 cm³/mol. The van der Waals surface area contributed by atoms with Crippen molar-refractivity contribution < 1.29 is 0 Å². The van der Waals surface area contributed by atoms with Gasteiger partial charge in [0.15, 0.2) is 0 Å². The number of nitrogens with two attached hydrogens (primary N) is 1. The van der Waals surface area contributed by atoms with Crippen molar-refractivity contribution in [2.24, 2.45) is 5.73 Å². The zero-order valence-corrected chi connectivity index (χ0v) is 12.7. The number of hydrogen-bond acceptors (Lipinski definition) is 3. The summed E-state index contributed by atoms with van der Waals surface area (Å²) in [6, 6.07) is 6.51. The third-order valence-electron chi connectivity index (χ3n) is 4.10. The Balaban J connectivity index is 2.04. The van der Waals surface area contributed by atoms with E-state index in [1.807, 2.05) is 6.07 Å². The smallest absolute Gasteiger partial charge is 0.0478 e. The highest BCUT2D eigenvalue weighted by atomic mass is 35.5. The van der Waals surface area contributed by atoms with Gasteiger partial charge < -0.3 is 10.6 Å². The maximum atomic E-state index is 6.10. The van der Waals surface area contributed by atoms with Gasteiger partial charge >= 0.3 is 0 Å². The molecule has 1 atom stereocenters. The summed E-state index contributed by atoms with van der Waals surface area (Å²) in [5.41, 5.74) is 8.65. The average molecular weight is 282 g/mol. The van der Waals surface area contributed by atoms with E-state index < -0.39 is 0 Å². The lowest BCUT2D eigenvalue weighted by atomic mass is 10.1. The fraction of sp³-hybridized carbons (Fsp3) is 0.600. The fourth-order valence-corrected chi connectivity index (χ4v) is 3.05. The predicted octanol–water partition coefficient (Wildman–Crippen LogP) is 2.50. The summed E-state index contributed by atoms with van der Waals surface area (Å²) >= 11 is 6.10. The molecule has 1 unspecified atom stereocenters. The molecule has 1 heterocycles. The summed E-state index contributed by atoms with van der Waals surface area (Å²) in [5.74, 6) is 0. The van der Waals surface area contributed by atoms with Gasteiger partial charge in [-0.05, 0) is 36.3 Å². The van der Waals surface area contributed by atoms with Gasteiger partial charge in [0.25, 0.3) is 0 Å². The maximum Gasteiger partial charge on any atom is 0.0478 e. The van der Waals surface area contributed by atoms with Crippen molar-refractivity contribution in [1.82, 2.24) is 9.80 Å². The van der Waals surface area contributed by atoms with Crippen LogP contribution in [-0.2, 0) is 6.54 Å². The van der Waals surface area contributed by atoms with E-state index >= 15 is 0 Å². The van der Waals surface area contributed by atoms with Crippen LogP contribution < -0.4 is 5.73 Å². The van der Waals surface area contributed by atoms with E-state index in [9.17, 15) is 0 Å². The maximum absolute atomic E-state index is 6.10. The highest BCUT2D eigenvalue weighted by Crippen LogP contribution is 2.34. The van der Waals surface area contributed by atoms with Gasteiger partial charge in [-0.3, -0.25) is 4.90 Å². The van der Waals surface area contributed by atoms with E-state index in [-0.39, 0.29) is 0 Å². The molecule has 1 aliphatic heterocycles. The number of benzene rings is 1. The summed E-state index contributed by atoms with van der Waals surface area (Å²) in [6.45, 7) is 10.5. The highest BCUT2D eigenvalue weighted by Gasteiger charge is 2.28. The topological polar surface area (TPSA) is 32.5 Å². The number of nitrogens with zero attached hydrogens (tertiary/aromatic N) is 2. The molecule has 0 aliphatic carbocycles. The summed E-state index contributed by atoms with van der Waals surface area (Å²) in [4.78, 5) is 4.92. The normalized spacial score (nSPS) is 19.1. The van der Waals surface area contributed by atoms with E-state index in [1.165, 1.54) is 11.1 Å². The number of fused-ring (bicyclic) bond motifs is 1. The molecule has 106 valence electrons. The van der Waals surface area contributed by atoms with E-state index in [1.54, 1.807) is 0 Å². The first kappa shape index (κ1) is 14.8. The molecule has 0 bridgehead atoms. The minimum atomic E-state index is 0.323. The summed E-state index contributed by atoms with van der Waals surface area (Å²) < 4.78 is 0. The first-order valence-corrected chi connectivity index (χ1v) is 7.52. The largest absolute Gasteiger partial charge is 0.329 e. The molecule has 2 rings (SSSR count). The molecule has 0 spiro atoms. The van der Waals surface area contributed by atoms with Gasteiger partial charge in [-0.1, -0.05) is 31.5 Å². The Morgan fingerprint density at radius 3 is 2.74 bits per heavy atom. The van der Waals surface area contributed by atoms with Crippen LogP contribution in [0.5, 0.6) is 0 Å². The van der Waals surface area contributed by atoms with Crippen molar-refractivity contribution >= 4 is 11.6 Å². The van der Waals surface area contributed by atoms with Crippen molar-refractivity contribution in [3.63, 3.8) is 0 Å². The van der Waals surface area contributed by atoms with Gasteiger partial charge in [0.05, 0.1) is 0 Å². The molecule has 1 aromatic carbocycles. The van der Waals surface area contributed by atoms with Crippen LogP contribution in [0.1, 0.15) is 31.0 Å². The van der Waals surface area contributed by atoms with Gasteiger partial charge in [-0.2, -0.15) is 0 Å². The molecule has 4 heteroatoms. The second-order valence-corrected chi connectivity index (χ2v) is 5.53. The van der Waals surface area contributed by atoms with E-state index in [4.69, 9.17) is 17.3 Å². The highest BCUT2D eigenvalue weighted by molar-refractivity contribution is 6.30. The van der Waals surface area contributed by atoms with Crippen LogP contribution >= 0.6 is 11.6 Å². The molecule has 0 amide bonds. The fourth-order valence-electron chi connectivity index (χ4n) is 2.87. The molecule has 0 fully saturated rings. The lowest BCUT2D eigenvalue weighted by molar-refractivity contribution is 0.180. The van der Waals surface area contributed by atoms with Crippen LogP contribution in [0.2, 0.25) is 5.02 Å². The minimum Gasteiger partial charge on any atom is -0.329 e. The Morgan fingerprint density at radius 1 is 1.37 bits per heavy atom. The minimum absolute atomic E-state index is 0.323. The van der Waals surface area contributed by atoms with E-state index in [0.29, 0.717) is 12.6 Å². The van der Waals surface area contributed by atoms with Crippen LogP contribution in [0, 0.1) is 0 Å². The molecular formula is C15H24ClN3. The second kappa shape index (κ2) is 6.71. The van der Waals surface area contributed by atoms with Crippen LogP contribution in [0.25, 0.3) is 0 Å². The van der Waals surface area contributed by atoms with Gasteiger partial charge in [-0.25, -0.2) is 0 Å². The standard InChI is InChI=1S/C15H24ClN3/c1-3-18(4-2)7-8-19-11-12-5-6-13(16)9-14(12)15(19)10-17/h5-6,9,15H,3-4,7-8,10-11,17H2,1-2H3. The van der Waals surface area contributed by atoms with Gasteiger partial charge in [0, 0.05) is 37.2 Å². The Bertz CT molecular complexity index is 418. The summed E-state index contributed by atoms with van der Waals surface area (Å²) in [7, 11) is 0. The van der Waals surface area contributed by atoms with Crippen molar-refractivity contribution in [3.05, 3.63) is 34.3 Å². The van der Waals surface area contributed by atoms with E-state index in [0.717, 1.165) is 37.7 Å². The van der Waals surface area contributed by atoms with Gasteiger partial charge in [0.1, 0.15) is 0 Å². The summed E-state index contributed by atoms with van der Waals surface area (Å²) in [5, 5.41) is 0.808. The number of halogens is 1. The van der Waals surface area contributed by atoms with Crippen molar-refractivity contribution in [1.29, 1.82) is 0 Å². The zero-order chi connectivity index (χ0) is 13.8. The molecule has 2 N–H and O–H groups in total. The van der Waals surface area contributed by atoms with Gasteiger partial charge in [0.2, 0.25) is 0 Å².